The van der Waals surface area contributed by atoms with E-state index in [4.69, 9.17) is 0 Å². The van der Waals surface area contributed by atoms with E-state index in [9.17, 15) is 9.59 Å². The molecule has 0 saturated carbocycles. The van der Waals surface area contributed by atoms with Gasteiger partial charge in [-0.15, -0.1) is 12.4 Å². The first kappa shape index (κ1) is 16.5. The minimum absolute atomic E-state index is 0. The number of nitrogens with one attached hydrogen (secondary N) is 3. The van der Waals surface area contributed by atoms with E-state index in [2.05, 4.69) is 22.5 Å². The maximum atomic E-state index is 12.3. The van der Waals surface area contributed by atoms with Crippen molar-refractivity contribution in [2.24, 2.45) is 0 Å². The lowest BCUT2D eigenvalue weighted by atomic mass is 9.99. The average Bonchev–Trinajstić information content (AvgIpc) is 2.49. The quantitative estimate of drug-likeness (QED) is 0.790. The molecule has 1 fully saturated rings. The molecule has 0 radical (unpaired) electrons. The molecule has 1 aromatic heterocycles. The molecule has 2 atom stereocenters. The van der Waals surface area contributed by atoms with Gasteiger partial charge in [-0.1, -0.05) is 18.2 Å². The Morgan fingerprint density at radius 3 is 2.86 bits per heavy atom. The Labute approximate surface area is 134 Å². The summed E-state index contributed by atoms with van der Waals surface area (Å²) in [6, 6.07) is 9.34. The van der Waals surface area contributed by atoms with Crippen LogP contribution in [0.3, 0.4) is 0 Å². The Kier molecular flexibility index (Phi) is 5.21. The van der Waals surface area contributed by atoms with Gasteiger partial charge in [0.25, 0.3) is 11.5 Å². The first-order valence-electron chi connectivity index (χ1n) is 7.31. The summed E-state index contributed by atoms with van der Waals surface area (Å²) in [7, 11) is 0. The monoisotopic (exact) mass is 321 g/mol. The fraction of sp³-hybridized carbons (Fsp3) is 0.375. The average molecular weight is 322 g/mol. The molecule has 1 aliphatic heterocycles. The Bertz CT molecular complexity index is 729. The minimum Gasteiger partial charge on any atom is -0.346 e. The van der Waals surface area contributed by atoms with Crippen LogP contribution in [0.5, 0.6) is 0 Å². The Morgan fingerprint density at radius 1 is 1.32 bits per heavy atom. The van der Waals surface area contributed by atoms with Crippen LogP contribution in [0.4, 0.5) is 0 Å². The molecule has 1 amide bonds. The van der Waals surface area contributed by atoms with Gasteiger partial charge < -0.3 is 15.6 Å². The number of amides is 1. The third-order valence-corrected chi connectivity index (χ3v) is 4.08. The summed E-state index contributed by atoms with van der Waals surface area (Å²) in [5.41, 5.74) is 0.0875. The zero-order valence-corrected chi connectivity index (χ0v) is 13.2. The van der Waals surface area contributed by atoms with Gasteiger partial charge in [0.05, 0.1) is 0 Å². The molecule has 1 aromatic carbocycles. The number of aromatic amines is 1. The topological polar surface area (TPSA) is 74.0 Å². The van der Waals surface area contributed by atoms with Crippen molar-refractivity contribution in [2.75, 3.05) is 6.54 Å². The standard InChI is InChI=1S/C16H19N3O2.ClH/c1-10-13(7-4-8-17-10)18-16(21)14-9-11-5-2-3-6-12(11)15(20)19-14;/h2-3,5-6,9-10,13,17H,4,7-8H2,1H3,(H,18,21)(H,19,20);1H. The van der Waals surface area contributed by atoms with E-state index in [-0.39, 0.29) is 36.0 Å². The molecule has 1 aliphatic rings. The zero-order valence-electron chi connectivity index (χ0n) is 12.4. The Hall–Kier alpha value is -1.85. The van der Waals surface area contributed by atoms with Gasteiger partial charge in [0.2, 0.25) is 0 Å². The van der Waals surface area contributed by atoms with E-state index in [1.165, 1.54) is 0 Å². The van der Waals surface area contributed by atoms with Gasteiger partial charge in [0, 0.05) is 17.5 Å². The number of pyridine rings is 1. The molecule has 2 heterocycles. The van der Waals surface area contributed by atoms with Gasteiger partial charge >= 0.3 is 0 Å². The molecule has 22 heavy (non-hydrogen) atoms. The number of halogens is 1. The molecule has 0 bridgehead atoms. The normalized spacial score (nSPS) is 21.1. The number of H-pyrrole nitrogens is 1. The number of hydrogen-bond donors (Lipinski definition) is 3. The van der Waals surface area contributed by atoms with Crippen molar-refractivity contribution in [1.29, 1.82) is 0 Å². The number of rotatable bonds is 2. The van der Waals surface area contributed by atoms with E-state index in [1.807, 2.05) is 18.2 Å². The number of hydrogen-bond acceptors (Lipinski definition) is 3. The smallest absolute Gasteiger partial charge is 0.268 e. The molecule has 3 N–H and O–H groups in total. The highest BCUT2D eigenvalue weighted by Gasteiger charge is 2.23. The molecule has 5 nitrogen and oxygen atoms in total. The van der Waals surface area contributed by atoms with Crippen LogP contribution in [-0.4, -0.2) is 29.5 Å². The summed E-state index contributed by atoms with van der Waals surface area (Å²) in [6.07, 6.45) is 2.00. The van der Waals surface area contributed by atoms with E-state index in [1.54, 1.807) is 12.1 Å². The van der Waals surface area contributed by atoms with Crippen molar-refractivity contribution in [3.8, 4) is 0 Å². The summed E-state index contributed by atoms with van der Waals surface area (Å²) < 4.78 is 0. The van der Waals surface area contributed by atoms with Gasteiger partial charge in [-0.25, -0.2) is 0 Å². The van der Waals surface area contributed by atoms with Crippen molar-refractivity contribution in [3.63, 3.8) is 0 Å². The first-order valence-corrected chi connectivity index (χ1v) is 7.31. The third kappa shape index (κ3) is 3.31. The number of carbonyl (C=O) groups is 1. The van der Waals surface area contributed by atoms with Gasteiger partial charge in [-0.05, 0) is 43.8 Å². The second-order valence-corrected chi connectivity index (χ2v) is 5.56. The van der Waals surface area contributed by atoms with Crippen molar-refractivity contribution >= 4 is 29.1 Å². The highest BCUT2D eigenvalue weighted by atomic mass is 35.5. The van der Waals surface area contributed by atoms with Crippen molar-refractivity contribution in [2.45, 2.75) is 31.8 Å². The summed E-state index contributed by atoms with van der Waals surface area (Å²) >= 11 is 0. The minimum atomic E-state index is -0.229. The van der Waals surface area contributed by atoms with Crippen LogP contribution in [0.25, 0.3) is 10.8 Å². The molecule has 3 rings (SSSR count). The second kappa shape index (κ2) is 6.94. The molecule has 0 aliphatic carbocycles. The zero-order chi connectivity index (χ0) is 14.8. The molecule has 2 unspecified atom stereocenters. The number of carbonyl (C=O) groups excluding carboxylic acids is 1. The third-order valence-electron chi connectivity index (χ3n) is 4.08. The molecular weight excluding hydrogens is 302 g/mol. The van der Waals surface area contributed by atoms with E-state index in [0.29, 0.717) is 11.1 Å². The molecular formula is C16H20ClN3O2. The second-order valence-electron chi connectivity index (χ2n) is 5.56. The predicted octanol–water partition coefficient (Wildman–Crippen LogP) is 1.82. The lowest BCUT2D eigenvalue weighted by molar-refractivity contribution is 0.0914. The SMILES string of the molecule is CC1NCCCC1NC(=O)c1cc2ccccc2c(=O)[nH]1.Cl. The summed E-state index contributed by atoms with van der Waals surface area (Å²) in [4.78, 5) is 27.0. The Morgan fingerprint density at radius 2 is 2.09 bits per heavy atom. The van der Waals surface area contributed by atoms with Crippen LogP contribution in [0.2, 0.25) is 0 Å². The van der Waals surface area contributed by atoms with Gasteiger partial charge in [-0.2, -0.15) is 0 Å². The maximum Gasteiger partial charge on any atom is 0.268 e. The summed E-state index contributed by atoms with van der Waals surface area (Å²) in [5, 5.41) is 7.73. The van der Waals surface area contributed by atoms with Crippen molar-refractivity contribution in [3.05, 3.63) is 46.4 Å². The fourth-order valence-electron chi connectivity index (χ4n) is 2.82. The molecule has 1 saturated heterocycles. The number of piperidine rings is 1. The van der Waals surface area contributed by atoms with Crippen molar-refractivity contribution in [1.82, 2.24) is 15.6 Å². The summed E-state index contributed by atoms with van der Waals surface area (Å²) in [6.45, 7) is 3.05. The predicted molar refractivity (Wildman–Crippen MR) is 89.8 cm³/mol. The van der Waals surface area contributed by atoms with Crippen LogP contribution in [-0.2, 0) is 0 Å². The van der Waals surface area contributed by atoms with Gasteiger partial charge in [0.15, 0.2) is 0 Å². The van der Waals surface area contributed by atoms with Gasteiger partial charge in [-0.3, -0.25) is 9.59 Å². The van der Waals surface area contributed by atoms with Crippen LogP contribution in [0, 0.1) is 0 Å². The van der Waals surface area contributed by atoms with E-state index in [0.717, 1.165) is 24.8 Å². The molecule has 0 spiro atoms. The van der Waals surface area contributed by atoms with Crippen molar-refractivity contribution < 1.29 is 4.79 Å². The highest BCUT2D eigenvalue weighted by molar-refractivity contribution is 5.96. The summed E-state index contributed by atoms with van der Waals surface area (Å²) in [5.74, 6) is -0.224. The molecule has 2 aromatic rings. The van der Waals surface area contributed by atoms with E-state index >= 15 is 0 Å². The number of benzene rings is 1. The van der Waals surface area contributed by atoms with Crippen LogP contribution in [0.15, 0.2) is 35.1 Å². The first-order chi connectivity index (χ1) is 10.1. The number of fused-ring (bicyclic) bond motifs is 1. The highest BCUT2D eigenvalue weighted by Crippen LogP contribution is 2.12. The number of aromatic nitrogens is 1. The maximum absolute atomic E-state index is 12.3. The molecule has 6 heteroatoms. The lowest BCUT2D eigenvalue weighted by Gasteiger charge is -2.30. The molecule has 118 valence electrons. The lowest BCUT2D eigenvalue weighted by Crippen LogP contribution is -2.52. The fourth-order valence-corrected chi connectivity index (χ4v) is 2.82. The largest absolute Gasteiger partial charge is 0.346 e. The van der Waals surface area contributed by atoms with Crippen LogP contribution >= 0.6 is 12.4 Å². The van der Waals surface area contributed by atoms with Crippen LogP contribution < -0.4 is 16.2 Å². The van der Waals surface area contributed by atoms with E-state index < -0.39 is 0 Å². The van der Waals surface area contributed by atoms with Gasteiger partial charge in [0.1, 0.15) is 5.69 Å². The van der Waals surface area contributed by atoms with Crippen LogP contribution in [0.1, 0.15) is 30.3 Å². The Balaban J connectivity index is 0.00000176.